The second-order valence-corrected chi connectivity index (χ2v) is 6.57. The van der Waals surface area contributed by atoms with Crippen molar-refractivity contribution in [3.63, 3.8) is 0 Å². The molecule has 0 aromatic rings. The van der Waals surface area contributed by atoms with Crippen LogP contribution in [0.5, 0.6) is 0 Å². The zero-order chi connectivity index (χ0) is 7.11. The standard InChI is InChI=1S/Cl2O3Si4/c1-9(2)5-8-4-7-3-6. The third-order valence-electron chi connectivity index (χ3n) is 0.244. The summed E-state index contributed by atoms with van der Waals surface area (Å²) in [6.07, 6.45) is 0. The van der Waals surface area contributed by atoms with Crippen LogP contribution in [0.3, 0.4) is 0 Å². The monoisotopic (exact) mass is 230 g/mol. The van der Waals surface area contributed by atoms with Crippen molar-refractivity contribution in [3.05, 3.63) is 0 Å². The van der Waals surface area contributed by atoms with Crippen molar-refractivity contribution >= 4 is 60.3 Å². The minimum Gasteiger partial charge on any atom is -0.435 e. The fourth-order valence-electron chi connectivity index (χ4n) is 0.0902. The Morgan fingerprint density at radius 1 is 1.33 bits per heavy atom. The minimum absolute atomic E-state index is 0.0856. The van der Waals surface area contributed by atoms with Crippen LogP contribution in [-0.2, 0) is 12.3 Å². The van der Waals surface area contributed by atoms with E-state index in [4.69, 9.17) is 26.3 Å². The average molecular weight is 231 g/mol. The van der Waals surface area contributed by atoms with E-state index in [9.17, 15) is 0 Å². The van der Waals surface area contributed by atoms with E-state index in [1.807, 2.05) is 0 Å². The molecule has 0 heterocycles. The third-order valence-corrected chi connectivity index (χ3v) is 3.58. The van der Waals surface area contributed by atoms with Crippen LogP contribution in [0.15, 0.2) is 0 Å². The second-order valence-electron chi connectivity index (χ2n) is 0.699. The van der Waals surface area contributed by atoms with Crippen LogP contribution >= 0.6 is 22.2 Å². The lowest BCUT2D eigenvalue weighted by molar-refractivity contribution is 0.440. The Morgan fingerprint density at radius 3 is 2.44 bits per heavy atom. The van der Waals surface area contributed by atoms with Crippen molar-refractivity contribution < 1.29 is 12.3 Å². The molecule has 0 bridgehead atoms. The Kier molecular flexibility index (Phi) is 8.53. The summed E-state index contributed by atoms with van der Waals surface area (Å²) in [4.78, 5) is 0. The van der Waals surface area contributed by atoms with Crippen LogP contribution < -0.4 is 0 Å². The fourth-order valence-corrected chi connectivity index (χ4v) is 2.13. The Bertz CT molecular complexity index is 59.8. The van der Waals surface area contributed by atoms with Gasteiger partial charge in [0.1, 0.15) is 0 Å². The van der Waals surface area contributed by atoms with E-state index >= 15 is 0 Å². The summed E-state index contributed by atoms with van der Waals surface area (Å²) in [5.74, 6) is 0. The van der Waals surface area contributed by atoms with Gasteiger partial charge in [0.25, 0.3) is 0 Å². The SMILES string of the molecule is [Si]O[Si]O[Si]O[Si](Cl)Cl. The molecule has 0 aliphatic rings. The molecule has 9 heteroatoms. The van der Waals surface area contributed by atoms with E-state index in [2.05, 4.69) is 18.7 Å². The molecule has 0 aromatic carbocycles. The van der Waals surface area contributed by atoms with Crippen LogP contribution in [0.2, 0.25) is 0 Å². The van der Waals surface area contributed by atoms with Gasteiger partial charge >= 0.3 is 27.7 Å². The maximum Gasteiger partial charge on any atom is 0.429 e. The van der Waals surface area contributed by atoms with E-state index in [0.717, 1.165) is 0 Å². The van der Waals surface area contributed by atoms with Gasteiger partial charge in [-0.15, -0.1) is 22.2 Å². The van der Waals surface area contributed by atoms with E-state index in [1.54, 1.807) is 0 Å². The molecule has 0 aromatic heterocycles. The van der Waals surface area contributed by atoms with Gasteiger partial charge in [-0.05, 0) is 0 Å². The van der Waals surface area contributed by atoms with Gasteiger partial charge in [0, 0.05) is 0 Å². The molecule has 0 rings (SSSR count). The molecule has 0 unspecified atom stereocenters. The highest BCUT2D eigenvalue weighted by Crippen LogP contribution is 1.94. The smallest absolute Gasteiger partial charge is 0.429 e. The molecule has 0 saturated carbocycles. The quantitative estimate of drug-likeness (QED) is 0.368. The highest BCUT2D eigenvalue weighted by Gasteiger charge is 2.05. The summed E-state index contributed by atoms with van der Waals surface area (Å²) in [7, 11) is 0.859. The Labute approximate surface area is 72.8 Å². The van der Waals surface area contributed by atoms with E-state index in [0.29, 0.717) is 0 Å². The Balaban J connectivity index is 2.75. The molecule has 9 heavy (non-hydrogen) atoms. The van der Waals surface area contributed by atoms with Gasteiger partial charge in [-0.3, -0.25) is 0 Å². The van der Waals surface area contributed by atoms with E-state index in [-0.39, 0.29) is 20.0 Å². The molecule has 3 nitrogen and oxygen atoms in total. The highest BCUT2D eigenvalue weighted by molar-refractivity contribution is 7.31. The highest BCUT2D eigenvalue weighted by atomic mass is 35.7. The topological polar surface area (TPSA) is 27.7 Å². The normalized spacial score (nSPS) is 10.7. The first kappa shape index (κ1) is 10.3. The van der Waals surface area contributed by atoms with Gasteiger partial charge in [-0.25, -0.2) is 0 Å². The molecular weight excluding hydrogens is 231 g/mol. The maximum atomic E-state index is 5.28. The molecular formula is Cl2O3Si4. The summed E-state index contributed by atoms with van der Waals surface area (Å²) in [6, 6.07) is 0. The van der Waals surface area contributed by atoms with Gasteiger partial charge in [-0.1, -0.05) is 0 Å². The van der Waals surface area contributed by atoms with Crippen LogP contribution in [0.1, 0.15) is 0 Å². The van der Waals surface area contributed by atoms with Crippen LogP contribution in [0.4, 0.5) is 0 Å². The lowest BCUT2D eigenvalue weighted by atomic mass is 15.7. The van der Waals surface area contributed by atoms with Gasteiger partial charge in [0.15, 0.2) is 0 Å². The zero-order valence-electron chi connectivity index (χ0n) is 3.98. The van der Waals surface area contributed by atoms with Crippen molar-refractivity contribution in [1.29, 1.82) is 0 Å². The number of hydrogen-bond donors (Lipinski definition) is 0. The molecule has 0 N–H and O–H groups in total. The van der Waals surface area contributed by atoms with Crippen molar-refractivity contribution in [3.8, 4) is 0 Å². The van der Waals surface area contributed by atoms with Crippen LogP contribution in [-0.4, -0.2) is 38.2 Å². The zero-order valence-corrected chi connectivity index (χ0v) is 9.49. The Hall–Kier alpha value is 1.33. The predicted octanol–water partition coefficient (Wildman–Crippen LogP) is -0.349. The first-order chi connectivity index (χ1) is 4.27. The summed E-state index contributed by atoms with van der Waals surface area (Å²) in [5.41, 5.74) is 0. The Morgan fingerprint density at radius 2 is 2.00 bits per heavy atom. The number of rotatable bonds is 5. The van der Waals surface area contributed by atoms with E-state index in [1.165, 1.54) is 0 Å². The van der Waals surface area contributed by atoms with Gasteiger partial charge in [0.05, 0.1) is 0 Å². The summed E-state index contributed by atoms with van der Waals surface area (Å²) >= 11 is 10.6. The van der Waals surface area contributed by atoms with Crippen LogP contribution in [0, 0.1) is 0 Å². The first-order valence-corrected chi connectivity index (χ1v) is 7.08. The fraction of sp³-hybridized carbons (Fsp3) is 0. The lowest BCUT2D eigenvalue weighted by Crippen LogP contribution is -2.14. The predicted molar refractivity (Wildman–Crippen MR) is 38.0 cm³/mol. The summed E-state index contributed by atoms with van der Waals surface area (Å²) in [6.45, 7) is 0. The van der Waals surface area contributed by atoms with Gasteiger partial charge in [0.2, 0.25) is 10.5 Å². The maximum absolute atomic E-state index is 5.28. The molecule has 0 atom stereocenters. The van der Waals surface area contributed by atoms with E-state index < -0.39 is 7.66 Å². The molecule has 0 aliphatic carbocycles. The molecule has 48 valence electrons. The minimum atomic E-state index is -1.65. The van der Waals surface area contributed by atoms with Crippen molar-refractivity contribution in [2.45, 2.75) is 0 Å². The molecule has 0 saturated heterocycles. The number of halogens is 2. The largest absolute Gasteiger partial charge is 0.435 e. The molecule has 8 radical (unpaired) electrons. The van der Waals surface area contributed by atoms with Crippen LogP contribution in [0.25, 0.3) is 0 Å². The summed E-state index contributed by atoms with van der Waals surface area (Å²) in [5, 5.41) is 0. The number of hydrogen-bond acceptors (Lipinski definition) is 3. The second kappa shape index (κ2) is 7.43. The molecule has 0 fully saturated rings. The molecule has 0 aliphatic heterocycles. The van der Waals surface area contributed by atoms with Gasteiger partial charge < -0.3 is 12.3 Å². The lowest BCUT2D eigenvalue weighted by Gasteiger charge is -1.97. The third kappa shape index (κ3) is 9.33. The van der Waals surface area contributed by atoms with Crippen molar-refractivity contribution in [2.24, 2.45) is 0 Å². The molecule has 0 amide bonds. The summed E-state index contributed by atoms with van der Waals surface area (Å²) < 4.78 is 13.8. The first-order valence-electron chi connectivity index (χ1n) is 1.60. The average Bonchev–Trinajstić information content (AvgIpc) is 1.80. The van der Waals surface area contributed by atoms with Crippen molar-refractivity contribution in [2.75, 3.05) is 0 Å². The van der Waals surface area contributed by atoms with Crippen molar-refractivity contribution in [1.82, 2.24) is 0 Å². The van der Waals surface area contributed by atoms with Gasteiger partial charge in [-0.2, -0.15) is 0 Å². The molecule has 0 spiro atoms.